The van der Waals surface area contributed by atoms with Gasteiger partial charge in [-0.2, -0.15) is 0 Å². The highest BCUT2D eigenvalue weighted by molar-refractivity contribution is 5.34. The zero-order chi connectivity index (χ0) is 12.4. The van der Waals surface area contributed by atoms with E-state index >= 15 is 0 Å². The summed E-state index contributed by atoms with van der Waals surface area (Å²) < 4.78 is 0. The summed E-state index contributed by atoms with van der Waals surface area (Å²) in [6, 6.07) is 8.61. The fourth-order valence-electron chi connectivity index (χ4n) is 2.88. The third-order valence-electron chi connectivity index (χ3n) is 4.05. The van der Waals surface area contributed by atoms with Crippen LogP contribution in [-0.4, -0.2) is 22.6 Å². The van der Waals surface area contributed by atoms with Crippen LogP contribution >= 0.6 is 0 Å². The topological polar surface area (TPSA) is 23.5 Å². The minimum Gasteiger partial charge on any atom is -0.508 e. The third kappa shape index (κ3) is 2.63. The molecule has 1 aromatic rings. The Balaban J connectivity index is 2.18. The van der Waals surface area contributed by atoms with Crippen LogP contribution in [0.4, 0.5) is 0 Å². The van der Waals surface area contributed by atoms with E-state index in [9.17, 15) is 5.11 Å². The van der Waals surface area contributed by atoms with Crippen LogP contribution in [0, 0.1) is 5.92 Å². The van der Waals surface area contributed by atoms with Gasteiger partial charge in [-0.25, -0.2) is 0 Å². The van der Waals surface area contributed by atoms with Crippen LogP contribution in [-0.2, 0) is 0 Å². The maximum Gasteiger partial charge on any atom is 0.120 e. The van der Waals surface area contributed by atoms with E-state index in [-0.39, 0.29) is 0 Å². The number of phenols is 1. The molecule has 2 nitrogen and oxygen atoms in total. The van der Waals surface area contributed by atoms with Crippen LogP contribution in [0.5, 0.6) is 5.75 Å². The highest BCUT2D eigenvalue weighted by Crippen LogP contribution is 2.33. The first-order valence-corrected chi connectivity index (χ1v) is 6.63. The second kappa shape index (κ2) is 5.09. The van der Waals surface area contributed by atoms with E-state index in [1.165, 1.54) is 12.8 Å². The van der Waals surface area contributed by atoms with E-state index in [4.69, 9.17) is 0 Å². The molecule has 94 valence electrons. The molecule has 1 saturated heterocycles. The van der Waals surface area contributed by atoms with Gasteiger partial charge in [-0.05, 0) is 38.7 Å². The molecule has 0 amide bonds. The Morgan fingerprint density at radius 1 is 1.24 bits per heavy atom. The number of likely N-dealkylation sites (tertiary alicyclic amines) is 1. The van der Waals surface area contributed by atoms with Gasteiger partial charge in [0.05, 0.1) is 0 Å². The number of benzene rings is 1. The lowest BCUT2D eigenvalue weighted by atomic mass is 9.92. The number of para-hydroxylation sites is 1. The second-order valence-corrected chi connectivity index (χ2v) is 5.46. The van der Waals surface area contributed by atoms with Crippen molar-refractivity contribution in [2.75, 3.05) is 6.54 Å². The zero-order valence-corrected chi connectivity index (χ0v) is 11.1. The van der Waals surface area contributed by atoms with Gasteiger partial charge >= 0.3 is 0 Å². The van der Waals surface area contributed by atoms with E-state index in [1.807, 2.05) is 18.2 Å². The summed E-state index contributed by atoms with van der Waals surface area (Å²) in [6.07, 6.45) is 2.59. The average molecular weight is 233 g/mol. The van der Waals surface area contributed by atoms with Crippen molar-refractivity contribution in [2.45, 2.75) is 45.7 Å². The van der Waals surface area contributed by atoms with Crippen LogP contribution in [0.3, 0.4) is 0 Å². The smallest absolute Gasteiger partial charge is 0.120 e. The van der Waals surface area contributed by atoms with Crippen molar-refractivity contribution in [3.63, 3.8) is 0 Å². The SMILES string of the molecule is CC1CCC(C)N(C(C)c2ccccc2O)C1. The highest BCUT2D eigenvalue weighted by Gasteiger charge is 2.28. The third-order valence-corrected chi connectivity index (χ3v) is 4.05. The number of phenolic OH excluding ortho intramolecular Hbond substituents is 1. The minimum atomic E-state index is 0.300. The second-order valence-electron chi connectivity index (χ2n) is 5.46. The lowest BCUT2D eigenvalue weighted by Gasteiger charge is -2.41. The summed E-state index contributed by atoms with van der Waals surface area (Å²) in [7, 11) is 0. The molecule has 1 aliphatic rings. The first kappa shape index (κ1) is 12.4. The normalized spacial score (nSPS) is 27.9. The molecular formula is C15H23NO. The first-order valence-electron chi connectivity index (χ1n) is 6.63. The molecule has 0 saturated carbocycles. The van der Waals surface area contributed by atoms with E-state index in [2.05, 4.69) is 25.7 Å². The van der Waals surface area contributed by atoms with Gasteiger partial charge in [0.1, 0.15) is 5.75 Å². The lowest BCUT2D eigenvalue weighted by molar-refractivity contribution is 0.0833. The zero-order valence-electron chi connectivity index (χ0n) is 11.1. The molecule has 3 unspecified atom stereocenters. The van der Waals surface area contributed by atoms with Gasteiger partial charge in [0.2, 0.25) is 0 Å². The standard InChI is InChI=1S/C15H23NO/c1-11-8-9-12(2)16(10-11)13(3)14-6-4-5-7-15(14)17/h4-7,11-13,17H,8-10H2,1-3H3. The molecule has 0 spiro atoms. The maximum absolute atomic E-state index is 9.94. The van der Waals surface area contributed by atoms with Crippen LogP contribution in [0.25, 0.3) is 0 Å². The van der Waals surface area contributed by atoms with Gasteiger partial charge < -0.3 is 5.11 Å². The van der Waals surface area contributed by atoms with Crippen molar-refractivity contribution in [1.29, 1.82) is 0 Å². The molecule has 0 radical (unpaired) electrons. The summed E-state index contributed by atoms with van der Waals surface area (Å²) in [4.78, 5) is 2.52. The molecule has 3 atom stereocenters. The van der Waals surface area contributed by atoms with Gasteiger partial charge in [-0.15, -0.1) is 0 Å². The number of nitrogens with zero attached hydrogens (tertiary/aromatic N) is 1. The molecule has 2 rings (SSSR count). The van der Waals surface area contributed by atoms with Crippen molar-refractivity contribution in [3.8, 4) is 5.75 Å². The van der Waals surface area contributed by atoms with Crippen molar-refractivity contribution in [2.24, 2.45) is 5.92 Å². The first-order chi connectivity index (χ1) is 8.09. The van der Waals surface area contributed by atoms with Crippen molar-refractivity contribution >= 4 is 0 Å². The largest absolute Gasteiger partial charge is 0.508 e. The van der Waals surface area contributed by atoms with Gasteiger partial charge in [0.25, 0.3) is 0 Å². The van der Waals surface area contributed by atoms with Gasteiger partial charge in [-0.1, -0.05) is 25.1 Å². The Kier molecular flexibility index (Phi) is 3.72. The van der Waals surface area contributed by atoms with E-state index < -0.39 is 0 Å². The summed E-state index contributed by atoms with van der Waals surface area (Å²) in [6.45, 7) is 7.94. The van der Waals surface area contributed by atoms with Crippen molar-refractivity contribution in [1.82, 2.24) is 4.90 Å². The Labute approximate surface area is 104 Å². The Hall–Kier alpha value is -1.02. The van der Waals surface area contributed by atoms with Crippen molar-refractivity contribution < 1.29 is 5.11 Å². The molecule has 1 heterocycles. The molecule has 1 aliphatic heterocycles. The molecule has 1 aromatic carbocycles. The quantitative estimate of drug-likeness (QED) is 0.844. The molecular weight excluding hydrogens is 210 g/mol. The molecule has 0 aromatic heterocycles. The van der Waals surface area contributed by atoms with Gasteiger partial charge in [0, 0.05) is 24.2 Å². The van der Waals surface area contributed by atoms with Crippen LogP contribution in [0.1, 0.15) is 45.2 Å². The monoisotopic (exact) mass is 233 g/mol. The average Bonchev–Trinajstić information content (AvgIpc) is 2.32. The molecule has 0 aliphatic carbocycles. The Morgan fingerprint density at radius 2 is 1.94 bits per heavy atom. The number of aromatic hydroxyl groups is 1. The van der Waals surface area contributed by atoms with E-state index in [0.717, 1.165) is 18.0 Å². The van der Waals surface area contributed by atoms with Crippen LogP contribution in [0.15, 0.2) is 24.3 Å². The molecule has 2 heteroatoms. The summed E-state index contributed by atoms with van der Waals surface area (Å²) in [5, 5.41) is 9.94. The summed E-state index contributed by atoms with van der Waals surface area (Å²) in [5.74, 6) is 1.19. The number of hydrogen-bond acceptors (Lipinski definition) is 2. The van der Waals surface area contributed by atoms with Crippen LogP contribution < -0.4 is 0 Å². The lowest BCUT2D eigenvalue weighted by Crippen LogP contribution is -2.42. The number of hydrogen-bond donors (Lipinski definition) is 1. The highest BCUT2D eigenvalue weighted by atomic mass is 16.3. The number of piperidine rings is 1. The van der Waals surface area contributed by atoms with Crippen molar-refractivity contribution in [3.05, 3.63) is 29.8 Å². The summed E-state index contributed by atoms with van der Waals surface area (Å²) in [5.41, 5.74) is 1.05. The van der Waals surface area contributed by atoms with E-state index in [0.29, 0.717) is 17.8 Å². The van der Waals surface area contributed by atoms with Gasteiger partial charge in [-0.3, -0.25) is 4.90 Å². The van der Waals surface area contributed by atoms with E-state index in [1.54, 1.807) is 6.07 Å². The maximum atomic E-state index is 9.94. The fourth-order valence-corrected chi connectivity index (χ4v) is 2.88. The van der Waals surface area contributed by atoms with Crippen LogP contribution in [0.2, 0.25) is 0 Å². The number of rotatable bonds is 2. The molecule has 0 bridgehead atoms. The Bertz CT molecular complexity index is 377. The minimum absolute atomic E-state index is 0.300. The Morgan fingerprint density at radius 3 is 2.65 bits per heavy atom. The fraction of sp³-hybridized carbons (Fsp3) is 0.600. The summed E-state index contributed by atoms with van der Waals surface area (Å²) >= 11 is 0. The predicted molar refractivity (Wildman–Crippen MR) is 71.1 cm³/mol. The molecule has 17 heavy (non-hydrogen) atoms. The van der Waals surface area contributed by atoms with Gasteiger partial charge in [0.15, 0.2) is 0 Å². The predicted octanol–water partition coefficient (Wildman–Crippen LogP) is 3.57. The molecule has 1 N–H and O–H groups in total. The molecule has 1 fully saturated rings.